The minimum Gasteiger partial charge on any atom is -0.458 e. The zero-order chi connectivity index (χ0) is 11.4. The van der Waals surface area contributed by atoms with E-state index >= 15 is 0 Å². The molecule has 0 saturated heterocycles. The fourth-order valence-electron chi connectivity index (χ4n) is 0.850. The molecule has 0 aliphatic carbocycles. The molecule has 0 aliphatic rings. The summed E-state index contributed by atoms with van der Waals surface area (Å²) in [4.78, 5) is 26.0. The molecular formula is C9H12N2O3S. The van der Waals surface area contributed by atoms with Crippen molar-refractivity contribution < 1.29 is 14.3 Å². The molecule has 1 rings (SSSR count). The van der Waals surface area contributed by atoms with Gasteiger partial charge in [0.2, 0.25) is 5.91 Å². The second-order valence-corrected chi connectivity index (χ2v) is 4.03. The molecule has 1 N–H and O–H groups in total. The van der Waals surface area contributed by atoms with E-state index in [9.17, 15) is 9.59 Å². The van der Waals surface area contributed by atoms with Crippen LogP contribution in [0.3, 0.4) is 0 Å². The normalized spacial score (nSPS) is 10.1. The van der Waals surface area contributed by atoms with Crippen molar-refractivity contribution in [2.75, 3.05) is 5.32 Å². The zero-order valence-corrected chi connectivity index (χ0v) is 9.55. The third kappa shape index (κ3) is 3.67. The molecule has 0 unspecified atom stereocenters. The maximum absolute atomic E-state index is 11.4. The number of hydrogen-bond donors (Lipinski definition) is 1. The summed E-state index contributed by atoms with van der Waals surface area (Å²) in [5.74, 6) is -0.689. The van der Waals surface area contributed by atoms with Crippen molar-refractivity contribution in [2.24, 2.45) is 0 Å². The van der Waals surface area contributed by atoms with Crippen molar-refractivity contribution in [1.82, 2.24) is 4.98 Å². The standard InChI is InChI=1S/C9H12N2O3S/c1-5(2)14-8(13)7-4-15-9(11-7)10-6(3)12/h4-5H,1-3H3,(H,10,11,12). The summed E-state index contributed by atoms with van der Waals surface area (Å²) in [7, 11) is 0. The smallest absolute Gasteiger partial charge is 0.358 e. The maximum Gasteiger partial charge on any atom is 0.358 e. The van der Waals surface area contributed by atoms with Crippen molar-refractivity contribution in [1.29, 1.82) is 0 Å². The molecule has 0 bridgehead atoms. The van der Waals surface area contributed by atoms with Gasteiger partial charge in [-0.3, -0.25) is 4.79 Å². The Bertz CT molecular complexity index is 373. The van der Waals surface area contributed by atoms with Gasteiger partial charge in [0.1, 0.15) is 0 Å². The van der Waals surface area contributed by atoms with Gasteiger partial charge < -0.3 is 10.1 Å². The number of nitrogens with zero attached hydrogens (tertiary/aromatic N) is 1. The fraction of sp³-hybridized carbons (Fsp3) is 0.444. The lowest BCUT2D eigenvalue weighted by atomic mass is 10.4. The zero-order valence-electron chi connectivity index (χ0n) is 8.73. The van der Waals surface area contributed by atoms with Crippen LogP contribution >= 0.6 is 11.3 Å². The highest BCUT2D eigenvalue weighted by molar-refractivity contribution is 7.14. The summed E-state index contributed by atoms with van der Waals surface area (Å²) < 4.78 is 4.95. The number of aromatic nitrogens is 1. The molecular weight excluding hydrogens is 216 g/mol. The molecule has 0 aliphatic heterocycles. The van der Waals surface area contributed by atoms with Gasteiger partial charge in [0, 0.05) is 12.3 Å². The number of ether oxygens (including phenoxy) is 1. The van der Waals surface area contributed by atoms with Gasteiger partial charge in [-0.2, -0.15) is 0 Å². The first-order valence-electron chi connectivity index (χ1n) is 4.43. The average molecular weight is 228 g/mol. The lowest BCUT2D eigenvalue weighted by molar-refractivity contribution is -0.114. The van der Waals surface area contributed by atoms with Crippen LogP contribution in [0.5, 0.6) is 0 Å². The summed E-state index contributed by atoms with van der Waals surface area (Å²) in [5.41, 5.74) is 0.220. The topological polar surface area (TPSA) is 68.3 Å². The molecule has 1 aromatic heterocycles. The number of thiazole rings is 1. The van der Waals surface area contributed by atoms with Gasteiger partial charge in [-0.1, -0.05) is 0 Å². The van der Waals surface area contributed by atoms with Gasteiger partial charge in [-0.25, -0.2) is 9.78 Å². The number of rotatable bonds is 3. The molecule has 0 radical (unpaired) electrons. The molecule has 0 spiro atoms. The van der Waals surface area contributed by atoms with E-state index in [-0.39, 0.29) is 17.7 Å². The maximum atomic E-state index is 11.4. The van der Waals surface area contributed by atoms with Gasteiger partial charge in [-0.15, -0.1) is 11.3 Å². The molecule has 6 heteroatoms. The number of nitrogens with one attached hydrogen (secondary N) is 1. The Balaban J connectivity index is 2.67. The van der Waals surface area contributed by atoms with Crippen LogP contribution in [0.2, 0.25) is 0 Å². The number of amides is 1. The molecule has 5 nitrogen and oxygen atoms in total. The third-order valence-electron chi connectivity index (χ3n) is 1.34. The number of carbonyl (C=O) groups excluding carboxylic acids is 2. The SMILES string of the molecule is CC(=O)Nc1nc(C(=O)OC(C)C)cs1. The van der Waals surface area contributed by atoms with Crippen LogP contribution < -0.4 is 5.32 Å². The Morgan fingerprint density at radius 1 is 1.53 bits per heavy atom. The van der Waals surface area contributed by atoms with Gasteiger partial charge in [-0.05, 0) is 13.8 Å². The molecule has 15 heavy (non-hydrogen) atoms. The predicted octanol–water partition coefficient (Wildman–Crippen LogP) is 1.67. The van der Waals surface area contributed by atoms with Crippen LogP contribution in [0.25, 0.3) is 0 Å². The number of carbonyl (C=O) groups is 2. The Morgan fingerprint density at radius 3 is 2.73 bits per heavy atom. The highest BCUT2D eigenvalue weighted by Gasteiger charge is 2.13. The van der Waals surface area contributed by atoms with E-state index in [1.54, 1.807) is 19.2 Å². The fourth-order valence-corrected chi connectivity index (χ4v) is 1.58. The monoisotopic (exact) mass is 228 g/mol. The Hall–Kier alpha value is -1.43. The Kier molecular flexibility index (Phi) is 3.79. The number of anilines is 1. The minimum absolute atomic E-state index is 0.177. The highest BCUT2D eigenvalue weighted by atomic mass is 32.1. The van der Waals surface area contributed by atoms with Gasteiger partial charge in [0.05, 0.1) is 6.10 Å². The van der Waals surface area contributed by atoms with Crippen LogP contribution in [0.1, 0.15) is 31.3 Å². The minimum atomic E-state index is -0.474. The second kappa shape index (κ2) is 4.88. The van der Waals surface area contributed by atoms with Crippen molar-refractivity contribution in [3.8, 4) is 0 Å². The second-order valence-electron chi connectivity index (χ2n) is 3.17. The van der Waals surface area contributed by atoms with Crippen molar-refractivity contribution in [2.45, 2.75) is 26.9 Å². The average Bonchev–Trinajstić information content (AvgIpc) is 2.50. The van der Waals surface area contributed by atoms with Crippen LogP contribution in [0.4, 0.5) is 5.13 Å². The molecule has 0 fully saturated rings. The van der Waals surface area contributed by atoms with Crippen LogP contribution in [0, 0.1) is 0 Å². The quantitative estimate of drug-likeness (QED) is 0.799. The first-order valence-corrected chi connectivity index (χ1v) is 5.31. The molecule has 0 saturated carbocycles. The van der Waals surface area contributed by atoms with Crippen LogP contribution in [-0.2, 0) is 9.53 Å². The third-order valence-corrected chi connectivity index (χ3v) is 2.10. The van der Waals surface area contributed by atoms with E-state index in [0.717, 1.165) is 0 Å². The summed E-state index contributed by atoms with van der Waals surface area (Å²) >= 11 is 1.19. The van der Waals surface area contributed by atoms with E-state index in [1.807, 2.05) is 0 Å². The van der Waals surface area contributed by atoms with Crippen molar-refractivity contribution in [3.63, 3.8) is 0 Å². The molecule has 1 heterocycles. The first-order chi connectivity index (χ1) is 6.99. The summed E-state index contributed by atoms with van der Waals surface area (Å²) in [5, 5.41) is 4.45. The van der Waals surface area contributed by atoms with Gasteiger partial charge in [0.15, 0.2) is 10.8 Å². The largest absolute Gasteiger partial charge is 0.458 e. The summed E-state index contributed by atoms with van der Waals surface area (Å²) in [6.07, 6.45) is -0.177. The number of esters is 1. The summed E-state index contributed by atoms with van der Waals surface area (Å²) in [6.45, 7) is 4.91. The molecule has 0 aromatic carbocycles. The highest BCUT2D eigenvalue weighted by Crippen LogP contribution is 2.16. The van der Waals surface area contributed by atoms with Crippen LogP contribution in [-0.4, -0.2) is 23.0 Å². The summed E-state index contributed by atoms with van der Waals surface area (Å²) in [6, 6.07) is 0. The van der Waals surface area contributed by atoms with Crippen molar-refractivity contribution in [3.05, 3.63) is 11.1 Å². The predicted molar refractivity (Wildman–Crippen MR) is 57.0 cm³/mol. The van der Waals surface area contributed by atoms with E-state index in [0.29, 0.717) is 5.13 Å². The molecule has 1 amide bonds. The first kappa shape index (κ1) is 11.6. The van der Waals surface area contributed by atoms with E-state index in [2.05, 4.69) is 10.3 Å². The Labute approximate surface area is 91.5 Å². The Morgan fingerprint density at radius 2 is 2.20 bits per heavy atom. The van der Waals surface area contributed by atoms with E-state index in [4.69, 9.17) is 4.74 Å². The molecule has 1 aromatic rings. The molecule has 0 atom stereocenters. The lowest BCUT2D eigenvalue weighted by Gasteiger charge is -2.04. The van der Waals surface area contributed by atoms with Crippen LogP contribution in [0.15, 0.2) is 5.38 Å². The van der Waals surface area contributed by atoms with Crippen molar-refractivity contribution >= 4 is 28.3 Å². The van der Waals surface area contributed by atoms with Gasteiger partial charge >= 0.3 is 5.97 Å². The van der Waals surface area contributed by atoms with Gasteiger partial charge in [0.25, 0.3) is 0 Å². The van der Waals surface area contributed by atoms with E-state index in [1.165, 1.54) is 18.3 Å². The number of hydrogen-bond acceptors (Lipinski definition) is 5. The lowest BCUT2D eigenvalue weighted by Crippen LogP contribution is -2.12. The van der Waals surface area contributed by atoms with E-state index < -0.39 is 5.97 Å². The molecule has 82 valence electrons.